The summed E-state index contributed by atoms with van der Waals surface area (Å²) < 4.78 is 6.48. The Hall–Kier alpha value is -2.33. The molecule has 31 heavy (non-hydrogen) atoms. The van der Waals surface area contributed by atoms with Gasteiger partial charge in [0.15, 0.2) is 0 Å². The number of fused-ring (bicyclic) bond motifs is 1. The highest BCUT2D eigenvalue weighted by Gasteiger charge is 2.37. The van der Waals surface area contributed by atoms with Crippen LogP contribution in [0, 0.1) is 11.8 Å². The Morgan fingerprint density at radius 1 is 0.935 bits per heavy atom. The van der Waals surface area contributed by atoms with E-state index in [4.69, 9.17) is 4.74 Å². The minimum atomic E-state index is 0.200. The largest absolute Gasteiger partial charge is 0.508 e. The van der Waals surface area contributed by atoms with Crippen molar-refractivity contribution in [2.24, 2.45) is 11.8 Å². The van der Waals surface area contributed by atoms with Crippen molar-refractivity contribution < 1.29 is 14.6 Å². The van der Waals surface area contributed by atoms with Gasteiger partial charge in [-0.25, -0.2) is 0 Å². The number of hydrogen-bond donors (Lipinski definition) is 1. The summed E-state index contributed by atoms with van der Waals surface area (Å²) in [4.78, 5) is 13.5. The molecule has 2 atom stereocenters. The van der Waals surface area contributed by atoms with Crippen LogP contribution in [-0.2, 0) is 16.1 Å². The summed E-state index contributed by atoms with van der Waals surface area (Å²) in [5.41, 5.74) is 4.95. The maximum atomic E-state index is 11.1. The molecule has 2 heterocycles. The molecule has 164 valence electrons. The van der Waals surface area contributed by atoms with Crippen molar-refractivity contribution in [1.82, 2.24) is 0 Å². The van der Waals surface area contributed by atoms with E-state index in [9.17, 15) is 9.90 Å². The van der Waals surface area contributed by atoms with Crippen LogP contribution in [0.15, 0.2) is 42.5 Å². The van der Waals surface area contributed by atoms with E-state index >= 15 is 0 Å². The monoisotopic (exact) mass is 419 g/mol. The zero-order valence-electron chi connectivity index (χ0n) is 18.2. The molecule has 0 amide bonds. The van der Waals surface area contributed by atoms with Gasteiger partial charge in [0, 0.05) is 30.6 Å². The Morgan fingerprint density at radius 2 is 1.68 bits per heavy atom. The van der Waals surface area contributed by atoms with Crippen LogP contribution in [0.5, 0.6) is 5.75 Å². The number of piperidine rings is 1. The second-order valence-electron chi connectivity index (χ2n) is 9.59. The van der Waals surface area contributed by atoms with Crippen LogP contribution in [0.1, 0.15) is 67.6 Å². The number of nitrogens with zero attached hydrogens (tertiary/aromatic N) is 1. The number of aldehydes is 1. The fourth-order valence-corrected chi connectivity index (χ4v) is 5.91. The predicted molar refractivity (Wildman–Crippen MR) is 123 cm³/mol. The van der Waals surface area contributed by atoms with E-state index in [0.717, 1.165) is 37.8 Å². The van der Waals surface area contributed by atoms with Crippen molar-refractivity contribution in [3.63, 3.8) is 0 Å². The van der Waals surface area contributed by atoms with Crippen molar-refractivity contribution >= 4 is 12.0 Å². The standard InChI is InChI=1S/C27H33NO3/c29-17-19-12-14-28(15-13-19)23-8-6-20(7-9-23)26-25-11-10-24(30)16-22(25)18-31-27(26)21-4-2-1-3-5-21/h6-11,16-17,19,21,26-27,30H,1-5,12-15,18H2/t26-,27-/m0/s1. The third-order valence-electron chi connectivity index (χ3n) is 7.69. The number of aromatic hydroxyl groups is 1. The molecular weight excluding hydrogens is 386 g/mol. The summed E-state index contributed by atoms with van der Waals surface area (Å²) in [5, 5.41) is 9.99. The number of phenolic OH excluding ortho intramolecular Hbond substituents is 1. The van der Waals surface area contributed by atoms with E-state index < -0.39 is 0 Å². The maximum Gasteiger partial charge on any atom is 0.123 e. The Balaban J connectivity index is 1.43. The molecule has 0 unspecified atom stereocenters. The molecule has 5 rings (SSSR count). The van der Waals surface area contributed by atoms with Crippen molar-refractivity contribution in [1.29, 1.82) is 0 Å². The summed E-state index contributed by atoms with van der Waals surface area (Å²) in [6.07, 6.45) is 9.65. The number of benzene rings is 2. The summed E-state index contributed by atoms with van der Waals surface area (Å²) in [6.45, 7) is 2.48. The molecule has 0 bridgehead atoms. The lowest BCUT2D eigenvalue weighted by Crippen LogP contribution is -2.36. The molecule has 0 aromatic heterocycles. The van der Waals surface area contributed by atoms with Crippen molar-refractivity contribution in [2.45, 2.75) is 63.6 Å². The van der Waals surface area contributed by atoms with Crippen molar-refractivity contribution in [3.8, 4) is 5.75 Å². The topological polar surface area (TPSA) is 49.8 Å². The third-order valence-corrected chi connectivity index (χ3v) is 7.69. The van der Waals surface area contributed by atoms with Gasteiger partial charge in [-0.1, -0.05) is 37.5 Å². The minimum Gasteiger partial charge on any atom is -0.508 e. The van der Waals surface area contributed by atoms with Crippen LogP contribution in [-0.4, -0.2) is 30.6 Å². The smallest absolute Gasteiger partial charge is 0.123 e. The van der Waals surface area contributed by atoms with Crippen LogP contribution in [0.2, 0.25) is 0 Å². The van der Waals surface area contributed by atoms with Gasteiger partial charge in [-0.15, -0.1) is 0 Å². The summed E-state index contributed by atoms with van der Waals surface area (Å²) >= 11 is 0. The zero-order valence-corrected chi connectivity index (χ0v) is 18.2. The second-order valence-corrected chi connectivity index (χ2v) is 9.59. The molecular formula is C27H33NO3. The molecule has 1 N–H and O–H groups in total. The van der Waals surface area contributed by atoms with Gasteiger partial charge in [-0.3, -0.25) is 0 Å². The molecule has 0 radical (unpaired) electrons. The minimum absolute atomic E-state index is 0.200. The number of rotatable bonds is 4. The Kier molecular flexibility index (Phi) is 5.99. The van der Waals surface area contributed by atoms with E-state index in [1.807, 2.05) is 12.1 Å². The van der Waals surface area contributed by atoms with Gasteiger partial charge in [0.2, 0.25) is 0 Å². The quantitative estimate of drug-likeness (QED) is 0.673. The van der Waals surface area contributed by atoms with Gasteiger partial charge in [0.05, 0.1) is 12.7 Å². The van der Waals surface area contributed by atoms with Gasteiger partial charge in [-0.2, -0.15) is 0 Å². The van der Waals surface area contributed by atoms with E-state index in [1.165, 1.54) is 48.9 Å². The highest BCUT2D eigenvalue weighted by atomic mass is 16.5. The van der Waals surface area contributed by atoms with Crippen molar-refractivity contribution in [2.75, 3.05) is 18.0 Å². The van der Waals surface area contributed by atoms with Crippen LogP contribution in [0.4, 0.5) is 5.69 Å². The van der Waals surface area contributed by atoms with Crippen LogP contribution in [0.25, 0.3) is 0 Å². The molecule has 2 aromatic rings. The van der Waals surface area contributed by atoms with E-state index in [1.54, 1.807) is 0 Å². The third kappa shape index (κ3) is 4.23. The fourth-order valence-electron chi connectivity index (χ4n) is 5.91. The Bertz CT molecular complexity index is 895. The molecule has 2 aliphatic heterocycles. The number of phenols is 1. The van der Waals surface area contributed by atoms with E-state index in [-0.39, 0.29) is 17.9 Å². The molecule has 2 aromatic carbocycles. The Morgan fingerprint density at radius 3 is 2.39 bits per heavy atom. The van der Waals surface area contributed by atoms with Crippen LogP contribution < -0.4 is 4.90 Å². The van der Waals surface area contributed by atoms with Gasteiger partial charge >= 0.3 is 0 Å². The molecule has 3 aliphatic rings. The van der Waals surface area contributed by atoms with Crippen LogP contribution in [0.3, 0.4) is 0 Å². The maximum absolute atomic E-state index is 11.1. The molecule has 0 spiro atoms. The molecule has 2 fully saturated rings. The van der Waals surface area contributed by atoms with E-state index in [2.05, 4.69) is 35.2 Å². The average Bonchev–Trinajstić information content (AvgIpc) is 2.84. The highest BCUT2D eigenvalue weighted by molar-refractivity contribution is 5.56. The van der Waals surface area contributed by atoms with E-state index in [0.29, 0.717) is 18.3 Å². The first-order valence-electron chi connectivity index (χ1n) is 12.0. The lowest BCUT2D eigenvalue weighted by atomic mass is 9.73. The predicted octanol–water partition coefficient (Wildman–Crippen LogP) is 5.42. The molecule has 4 heteroatoms. The summed E-state index contributed by atoms with van der Waals surface area (Å²) in [7, 11) is 0. The second kappa shape index (κ2) is 9.04. The summed E-state index contributed by atoms with van der Waals surface area (Å²) in [5.74, 6) is 1.34. The first-order chi connectivity index (χ1) is 15.2. The fraction of sp³-hybridized carbons (Fsp3) is 0.519. The van der Waals surface area contributed by atoms with Gasteiger partial charge in [0.1, 0.15) is 12.0 Å². The van der Waals surface area contributed by atoms with Gasteiger partial charge in [-0.05, 0) is 72.6 Å². The molecule has 1 saturated heterocycles. The highest BCUT2D eigenvalue weighted by Crippen LogP contribution is 2.44. The Labute approximate surface area is 185 Å². The molecule has 1 saturated carbocycles. The SMILES string of the molecule is O=CC1CCN(c2ccc([C@H]3c4ccc(O)cc4CO[C@H]3C3CCCCC3)cc2)CC1. The lowest BCUT2D eigenvalue weighted by molar-refractivity contribution is -0.111. The first-order valence-corrected chi connectivity index (χ1v) is 12.0. The average molecular weight is 420 g/mol. The molecule has 1 aliphatic carbocycles. The first kappa shape index (κ1) is 20.6. The summed E-state index contributed by atoms with van der Waals surface area (Å²) in [6, 6.07) is 14.8. The van der Waals surface area contributed by atoms with Gasteiger partial charge < -0.3 is 19.5 Å². The van der Waals surface area contributed by atoms with Crippen LogP contribution >= 0.6 is 0 Å². The number of carbonyl (C=O) groups excluding carboxylic acids is 1. The number of ether oxygens (including phenoxy) is 1. The van der Waals surface area contributed by atoms with Crippen molar-refractivity contribution in [3.05, 3.63) is 59.2 Å². The number of anilines is 1. The molecule has 4 nitrogen and oxygen atoms in total. The normalized spacial score (nSPS) is 25.2. The zero-order chi connectivity index (χ0) is 21.2. The number of carbonyl (C=O) groups is 1. The van der Waals surface area contributed by atoms with Gasteiger partial charge in [0.25, 0.3) is 0 Å². The lowest BCUT2D eigenvalue weighted by Gasteiger charge is -2.40. The number of hydrogen-bond acceptors (Lipinski definition) is 4.